The zero-order chi connectivity index (χ0) is 13.2. The summed E-state index contributed by atoms with van der Waals surface area (Å²) in [4.78, 5) is 5.63. The number of aryl methyl sites for hydroxylation is 1. The van der Waals surface area contributed by atoms with Crippen molar-refractivity contribution in [1.29, 1.82) is 0 Å². The monoisotopic (exact) mass is 262 g/mol. The summed E-state index contributed by atoms with van der Waals surface area (Å²) in [5.74, 6) is 0.860. The Hall–Kier alpha value is -1.39. The van der Waals surface area contributed by atoms with Gasteiger partial charge >= 0.3 is 0 Å². The number of rotatable bonds is 4. The molecule has 1 aromatic carbocycles. The van der Waals surface area contributed by atoms with E-state index in [-0.39, 0.29) is 5.54 Å². The van der Waals surface area contributed by atoms with Gasteiger partial charge in [0, 0.05) is 10.4 Å². The maximum absolute atomic E-state index is 6.11. The van der Waals surface area contributed by atoms with Gasteiger partial charge in [-0.3, -0.25) is 0 Å². The Bertz CT molecular complexity index is 514. The minimum Gasteiger partial charge on any atom is -0.486 e. The third-order valence-electron chi connectivity index (χ3n) is 2.53. The van der Waals surface area contributed by atoms with Crippen molar-refractivity contribution in [2.24, 2.45) is 5.73 Å². The summed E-state index contributed by atoms with van der Waals surface area (Å²) in [6.07, 6.45) is 0. The van der Waals surface area contributed by atoms with Gasteiger partial charge in [-0.15, -0.1) is 11.3 Å². The molecule has 0 radical (unpaired) electrons. The van der Waals surface area contributed by atoms with Crippen molar-refractivity contribution in [3.8, 4) is 5.75 Å². The molecule has 0 aliphatic rings. The second-order valence-corrected chi connectivity index (χ2v) is 5.93. The van der Waals surface area contributed by atoms with E-state index in [9.17, 15) is 0 Å². The lowest BCUT2D eigenvalue weighted by molar-refractivity contribution is 0.305. The molecular formula is C14H18N2OS. The number of hydrogen-bond acceptors (Lipinski definition) is 4. The Morgan fingerprint density at radius 2 is 1.94 bits per heavy atom. The highest BCUT2D eigenvalue weighted by atomic mass is 32.1. The Balaban J connectivity index is 2.07. The molecule has 0 atom stereocenters. The van der Waals surface area contributed by atoms with Crippen molar-refractivity contribution < 1.29 is 4.74 Å². The van der Waals surface area contributed by atoms with Crippen LogP contribution in [0.1, 0.15) is 29.4 Å². The highest BCUT2D eigenvalue weighted by molar-refractivity contribution is 7.11. The molecule has 4 heteroatoms. The minimum atomic E-state index is -0.341. The molecule has 0 saturated heterocycles. The molecular weight excluding hydrogens is 244 g/mol. The lowest BCUT2D eigenvalue weighted by atomic mass is 10.0. The number of nitrogens with zero attached hydrogens (tertiary/aromatic N) is 1. The summed E-state index contributed by atoms with van der Waals surface area (Å²) >= 11 is 1.62. The SMILES string of the molecule is Cc1nc(COc2ccccc2)sc1C(C)(C)N. The van der Waals surface area contributed by atoms with Gasteiger partial charge in [-0.25, -0.2) is 4.98 Å². The first-order valence-electron chi connectivity index (χ1n) is 5.90. The first kappa shape index (κ1) is 13.1. The molecule has 2 aromatic rings. The third kappa shape index (κ3) is 3.09. The molecule has 0 bridgehead atoms. The van der Waals surface area contributed by atoms with Crippen LogP contribution in [0, 0.1) is 6.92 Å². The zero-order valence-electron chi connectivity index (χ0n) is 10.9. The van der Waals surface area contributed by atoms with Crippen molar-refractivity contribution in [3.05, 3.63) is 45.9 Å². The molecule has 0 fully saturated rings. The largest absolute Gasteiger partial charge is 0.486 e. The number of para-hydroxylation sites is 1. The summed E-state index contributed by atoms with van der Waals surface area (Å²) in [7, 11) is 0. The third-order valence-corrected chi connectivity index (χ3v) is 4.00. The molecule has 3 nitrogen and oxygen atoms in total. The van der Waals surface area contributed by atoms with Gasteiger partial charge in [0.15, 0.2) is 0 Å². The van der Waals surface area contributed by atoms with Crippen molar-refractivity contribution in [2.45, 2.75) is 32.9 Å². The maximum atomic E-state index is 6.11. The summed E-state index contributed by atoms with van der Waals surface area (Å²) < 4.78 is 5.68. The number of ether oxygens (including phenoxy) is 1. The Labute approximate surface area is 112 Å². The predicted octanol–water partition coefficient (Wildman–Crippen LogP) is 3.22. The number of nitrogens with two attached hydrogens (primary N) is 1. The van der Waals surface area contributed by atoms with Crippen LogP contribution < -0.4 is 10.5 Å². The molecule has 2 rings (SSSR count). The molecule has 96 valence electrons. The second-order valence-electron chi connectivity index (χ2n) is 4.85. The number of thiazole rings is 1. The normalized spacial score (nSPS) is 11.6. The summed E-state index contributed by atoms with van der Waals surface area (Å²) in [6.45, 7) is 6.47. The highest BCUT2D eigenvalue weighted by Gasteiger charge is 2.21. The van der Waals surface area contributed by atoms with E-state index in [1.165, 1.54) is 0 Å². The van der Waals surface area contributed by atoms with Crippen LogP contribution in [0.25, 0.3) is 0 Å². The molecule has 0 amide bonds. The lowest BCUT2D eigenvalue weighted by Gasteiger charge is -2.16. The first-order valence-corrected chi connectivity index (χ1v) is 6.72. The average molecular weight is 262 g/mol. The fraction of sp³-hybridized carbons (Fsp3) is 0.357. The van der Waals surface area contributed by atoms with Crippen molar-refractivity contribution in [1.82, 2.24) is 4.98 Å². The quantitative estimate of drug-likeness (QED) is 0.920. The van der Waals surface area contributed by atoms with Crippen LogP contribution in [0.5, 0.6) is 5.75 Å². The standard InChI is InChI=1S/C14H18N2OS/c1-10-13(14(2,3)15)18-12(16-10)9-17-11-7-5-4-6-8-11/h4-8H,9,15H2,1-3H3. The summed E-state index contributed by atoms with van der Waals surface area (Å²) in [5, 5.41) is 0.963. The van der Waals surface area contributed by atoms with E-state index in [0.717, 1.165) is 21.3 Å². The second kappa shape index (κ2) is 5.08. The Morgan fingerprint density at radius 1 is 1.28 bits per heavy atom. The molecule has 1 aromatic heterocycles. The molecule has 0 unspecified atom stereocenters. The van der Waals surface area contributed by atoms with Crippen LogP contribution in [-0.4, -0.2) is 4.98 Å². The van der Waals surface area contributed by atoms with Crippen molar-refractivity contribution in [2.75, 3.05) is 0 Å². The summed E-state index contributed by atoms with van der Waals surface area (Å²) in [5.41, 5.74) is 6.77. The number of aromatic nitrogens is 1. The van der Waals surface area contributed by atoms with Crippen LogP contribution in [0.4, 0.5) is 0 Å². The maximum Gasteiger partial charge on any atom is 0.140 e. The van der Waals surface area contributed by atoms with E-state index in [0.29, 0.717) is 6.61 Å². The van der Waals surface area contributed by atoms with Crippen molar-refractivity contribution >= 4 is 11.3 Å². The molecule has 1 heterocycles. The fourth-order valence-electron chi connectivity index (χ4n) is 1.77. The van der Waals surface area contributed by atoms with Crippen LogP contribution in [-0.2, 0) is 12.1 Å². The lowest BCUT2D eigenvalue weighted by Crippen LogP contribution is -2.28. The molecule has 18 heavy (non-hydrogen) atoms. The van der Waals surface area contributed by atoms with Gasteiger partial charge < -0.3 is 10.5 Å². The molecule has 2 N–H and O–H groups in total. The Morgan fingerprint density at radius 3 is 2.50 bits per heavy atom. The Kier molecular flexibility index (Phi) is 3.68. The van der Waals surface area contributed by atoms with E-state index in [2.05, 4.69) is 4.98 Å². The predicted molar refractivity (Wildman–Crippen MR) is 74.8 cm³/mol. The van der Waals surface area contributed by atoms with Crippen LogP contribution in [0.3, 0.4) is 0 Å². The van der Waals surface area contributed by atoms with E-state index < -0.39 is 0 Å². The molecule has 0 aliphatic heterocycles. The zero-order valence-corrected chi connectivity index (χ0v) is 11.8. The van der Waals surface area contributed by atoms with E-state index in [1.54, 1.807) is 11.3 Å². The van der Waals surface area contributed by atoms with Gasteiger partial charge in [0.05, 0.1) is 5.69 Å². The van der Waals surface area contributed by atoms with Gasteiger partial charge in [0.1, 0.15) is 17.4 Å². The van der Waals surface area contributed by atoms with E-state index in [1.807, 2.05) is 51.1 Å². The molecule has 0 saturated carbocycles. The average Bonchev–Trinajstić information content (AvgIpc) is 2.69. The van der Waals surface area contributed by atoms with Crippen LogP contribution in [0.15, 0.2) is 30.3 Å². The van der Waals surface area contributed by atoms with Crippen LogP contribution in [0.2, 0.25) is 0 Å². The van der Waals surface area contributed by atoms with E-state index >= 15 is 0 Å². The van der Waals surface area contributed by atoms with Crippen molar-refractivity contribution in [3.63, 3.8) is 0 Å². The number of benzene rings is 1. The topological polar surface area (TPSA) is 48.1 Å². The molecule has 0 spiro atoms. The van der Waals surface area contributed by atoms with Gasteiger partial charge in [-0.1, -0.05) is 18.2 Å². The number of hydrogen-bond donors (Lipinski definition) is 1. The van der Waals surface area contributed by atoms with E-state index in [4.69, 9.17) is 10.5 Å². The van der Waals surface area contributed by atoms with Gasteiger partial charge in [0.25, 0.3) is 0 Å². The van der Waals surface area contributed by atoms with Gasteiger partial charge in [-0.05, 0) is 32.9 Å². The highest BCUT2D eigenvalue weighted by Crippen LogP contribution is 2.28. The smallest absolute Gasteiger partial charge is 0.140 e. The first-order chi connectivity index (χ1) is 8.47. The molecule has 0 aliphatic carbocycles. The van der Waals surface area contributed by atoms with Gasteiger partial charge in [-0.2, -0.15) is 0 Å². The fourth-order valence-corrected chi connectivity index (χ4v) is 2.77. The van der Waals surface area contributed by atoms with Gasteiger partial charge in [0.2, 0.25) is 0 Å². The minimum absolute atomic E-state index is 0.341. The van der Waals surface area contributed by atoms with Crippen LogP contribution >= 0.6 is 11.3 Å². The summed E-state index contributed by atoms with van der Waals surface area (Å²) in [6, 6.07) is 9.76.